The second-order valence-corrected chi connectivity index (χ2v) is 4.95. The molecule has 0 aromatic heterocycles. The average molecular weight is 222 g/mol. The smallest absolute Gasteiger partial charge is 0.222 e. The SMILES string of the molecule is C=CCCCC(=O)N1CCC2CCC(C1)N2. The van der Waals surface area contributed by atoms with E-state index in [1.165, 1.54) is 12.8 Å². The van der Waals surface area contributed by atoms with E-state index in [0.29, 0.717) is 24.4 Å². The first kappa shape index (κ1) is 11.6. The van der Waals surface area contributed by atoms with E-state index < -0.39 is 0 Å². The second kappa shape index (κ2) is 5.48. The fraction of sp³-hybridized carbons (Fsp3) is 0.769. The van der Waals surface area contributed by atoms with Gasteiger partial charge in [-0.3, -0.25) is 4.79 Å². The molecule has 16 heavy (non-hydrogen) atoms. The Morgan fingerprint density at radius 1 is 1.38 bits per heavy atom. The Labute approximate surface area is 97.9 Å². The first-order chi connectivity index (χ1) is 7.79. The van der Waals surface area contributed by atoms with E-state index in [9.17, 15) is 4.79 Å². The molecule has 0 saturated carbocycles. The summed E-state index contributed by atoms with van der Waals surface area (Å²) in [5, 5.41) is 3.59. The van der Waals surface area contributed by atoms with E-state index in [2.05, 4.69) is 16.8 Å². The molecule has 2 saturated heterocycles. The number of carbonyl (C=O) groups excluding carboxylic acids is 1. The van der Waals surface area contributed by atoms with Crippen molar-refractivity contribution in [2.45, 2.75) is 50.6 Å². The zero-order valence-electron chi connectivity index (χ0n) is 9.95. The number of allylic oxidation sites excluding steroid dienone is 1. The number of unbranched alkanes of at least 4 members (excludes halogenated alkanes) is 1. The number of hydrogen-bond acceptors (Lipinski definition) is 2. The third-order valence-electron chi connectivity index (χ3n) is 3.67. The molecule has 2 rings (SSSR count). The topological polar surface area (TPSA) is 32.3 Å². The van der Waals surface area contributed by atoms with Crippen LogP contribution in [0, 0.1) is 0 Å². The van der Waals surface area contributed by atoms with E-state index in [-0.39, 0.29) is 0 Å². The summed E-state index contributed by atoms with van der Waals surface area (Å²) >= 11 is 0. The summed E-state index contributed by atoms with van der Waals surface area (Å²) in [5.74, 6) is 0.330. The third kappa shape index (κ3) is 2.85. The lowest BCUT2D eigenvalue weighted by Gasteiger charge is -2.24. The summed E-state index contributed by atoms with van der Waals surface area (Å²) in [6.07, 6.45) is 8.13. The van der Waals surface area contributed by atoms with E-state index in [0.717, 1.165) is 32.4 Å². The van der Waals surface area contributed by atoms with Gasteiger partial charge in [-0.25, -0.2) is 0 Å². The molecular weight excluding hydrogens is 200 g/mol. The van der Waals surface area contributed by atoms with Gasteiger partial charge in [-0.05, 0) is 32.1 Å². The first-order valence-electron chi connectivity index (χ1n) is 6.44. The highest BCUT2D eigenvalue weighted by Gasteiger charge is 2.30. The molecule has 0 aromatic rings. The van der Waals surface area contributed by atoms with Crippen LogP contribution in [-0.2, 0) is 4.79 Å². The van der Waals surface area contributed by atoms with Crippen LogP contribution in [0.15, 0.2) is 12.7 Å². The van der Waals surface area contributed by atoms with Crippen LogP contribution in [0.4, 0.5) is 0 Å². The van der Waals surface area contributed by atoms with Crippen molar-refractivity contribution in [1.82, 2.24) is 10.2 Å². The number of amides is 1. The lowest BCUT2D eigenvalue weighted by atomic mass is 10.1. The summed E-state index contributed by atoms with van der Waals surface area (Å²) in [7, 11) is 0. The molecule has 2 unspecified atom stereocenters. The molecule has 0 aliphatic carbocycles. The Bertz CT molecular complexity index is 265. The van der Waals surface area contributed by atoms with E-state index >= 15 is 0 Å². The highest BCUT2D eigenvalue weighted by atomic mass is 16.2. The highest BCUT2D eigenvalue weighted by molar-refractivity contribution is 5.76. The van der Waals surface area contributed by atoms with Crippen molar-refractivity contribution >= 4 is 5.91 Å². The molecule has 90 valence electrons. The number of fused-ring (bicyclic) bond motifs is 2. The van der Waals surface area contributed by atoms with Crippen LogP contribution in [0.25, 0.3) is 0 Å². The molecule has 2 aliphatic rings. The van der Waals surface area contributed by atoms with Gasteiger partial charge in [0.05, 0.1) is 0 Å². The van der Waals surface area contributed by atoms with E-state index in [4.69, 9.17) is 0 Å². The van der Waals surface area contributed by atoms with Crippen LogP contribution in [0.3, 0.4) is 0 Å². The fourth-order valence-electron chi connectivity index (χ4n) is 2.73. The molecule has 0 aromatic carbocycles. The molecule has 3 nitrogen and oxygen atoms in total. The minimum absolute atomic E-state index is 0.330. The molecule has 1 N–H and O–H groups in total. The van der Waals surface area contributed by atoms with Crippen molar-refractivity contribution in [1.29, 1.82) is 0 Å². The Balaban J connectivity index is 1.80. The third-order valence-corrected chi connectivity index (χ3v) is 3.67. The van der Waals surface area contributed by atoms with Gasteiger partial charge in [0.1, 0.15) is 0 Å². The minimum Gasteiger partial charge on any atom is -0.341 e. The van der Waals surface area contributed by atoms with Crippen molar-refractivity contribution in [3.63, 3.8) is 0 Å². The van der Waals surface area contributed by atoms with E-state index in [1.54, 1.807) is 0 Å². The van der Waals surface area contributed by atoms with Crippen LogP contribution in [0.1, 0.15) is 38.5 Å². The number of nitrogens with zero attached hydrogens (tertiary/aromatic N) is 1. The number of hydrogen-bond donors (Lipinski definition) is 1. The number of likely N-dealkylation sites (tertiary alicyclic amines) is 1. The van der Waals surface area contributed by atoms with Gasteiger partial charge in [0.25, 0.3) is 0 Å². The lowest BCUT2D eigenvalue weighted by molar-refractivity contribution is -0.131. The monoisotopic (exact) mass is 222 g/mol. The van der Waals surface area contributed by atoms with Crippen molar-refractivity contribution in [2.24, 2.45) is 0 Å². The van der Waals surface area contributed by atoms with Gasteiger partial charge in [-0.2, -0.15) is 0 Å². The van der Waals surface area contributed by atoms with Gasteiger partial charge in [0.2, 0.25) is 5.91 Å². The molecule has 0 radical (unpaired) electrons. The maximum Gasteiger partial charge on any atom is 0.222 e. The van der Waals surface area contributed by atoms with Crippen LogP contribution in [0.2, 0.25) is 0 Å². The molecule has 3 heteroatoms. The molecule has 0 spiro atoms. The van der Waals surface area contributed by atoms with Gasteiger partial charge >= 0.3 is 0 Å². The van der Waals surface area contributed by atoms with Crippen molar-refractivity contribution in [3.8, 4) is 0 Å². The minimum atomic E-state index is 0.330. The average Bonchev–Trinajstić information content (AvgIpc) is 2.58. The fourth-order valence-corrected chi connectivity index (χ4v) is 2.73. The standard InChI is InChI=1S/C13H22N2O/c1-2-3-4-5-13(16)15-9-8-11-6-7-12(10-15)14-11/h2,11-12,14H,1,3-10H2. The summed E-state index contributed by atoms with van der Waals surface area (Å²) in [6, 6.07) is 1.21. The Hall–Kier alpha value is -0.830. The largest absolute Gasteiger partial charge is 0.341 e. The molecular formula is C13H22N2O. The molecule has 1 amide bonds. The van der Waals surface area contributed by atoms with Gasteiger partial charge in [-0.1, -0.05) is 6.08 Å². The predicted molar refractivity (Wildman–Crippen MR) is 65.2 cm³/mol. The molecule has 2 bridgehead atoms. The normalized spacial score (nSPS) is 28.9. The summed E-state index contributed by atoms with van der Waals surface area (Å²) in [4.78, 5) is 14.0. The van der Waals surface area contributed by atoms with Crippen LogP contribution < -0.4 is 5.32 Å². The van der Waals surface area contributed by atoms with Gasteiger partial charge < -0.3 is 10.2 Å². The zero-order valence-corrected chi connectivity index (χ0v) is 9.95. The van der Waals surface area contributed by atoms with Gasteiger partial charge in [-0.15, -0.1) is 6.58 Å². The number of carbonyl (C=O) groups is 1. The number of nitrogens with one attached hydrogen (secondary N) is 1. The first-order valence-corrected chi connectivity index (χ1v) is 6.44. The van der Waals surface area contributed by atoms with Crippen LogP contribution in [0.5, 0.6) is 0 Å². The second-order valence-electron chi connectivity index (χ2n) is 4.95. The quantitative estimate of drug-likeness (QED) is 0.580. The zero-order chi connectivity index (χ0) is 11.4. The molecule has 2 fully saturated rings. The molecule has 2 heterocycles. The Kier molecular flexibility index (Phi) is 3.99. The molecule has 2 aliphatic heterocycles. The summed E-state index contributed by atoms with van der Waals surface area (Å²) in [6.45, 7) is 5.55. The van der Waals surface area contributed by atoms with Gasteiger partial charge in [0, 0.05) is 31.6 Å². The Morgan fingerprint density at radius 2 is 2.19 bits per heavy atom. The van der Waals surface area contributed by atoms with Crippen molar-refractivity contribution in [2.75, 3.05) is 13.1 Å². The highest BCUT2D eigenvalue weighted by Crippen LogP contribution is 2.20. The van der Waals surface area contributed by atoms with E-state index in [1.807, 2.05) is 6.08 Å². The Morgan fingerprint density at radius 3 is 3.00 bits per heavy atom. The maximum atomic E-state index is 12.0. The van der Waals surface area contributed by atoms with Gasteiger partial charge in [0.15, 0.2) is 0 Å². The molecule has 2 atom stereocenters. The van der Waals surface area contributed by atoms with Crippen LogP contribution in [-0.4, -0.2) is 36.0 Å². The lowest BCUT2D eigenvalue weighted by Crippen LogP contribution is -2.38. The summed E-state index contributed by atoms with van der Waals surface area (Å²) in [5.41, 5.74) is 0. The predicted octanol–water partition coefficient (Wildman–Crippen LogP) is 1.70. The number of rotatable bonds is 4. The maximum absolute atomic E-state index is 12.0. The van der Waals surface area contributed by atoms with Crippen LogP contribution >= 0.6 is 0 Å². The van der Waals surface area contributed by atoms with Crippen molar-refractivity contribution < 1.29 is 4.79 Å². The summed E-state index contributed by atoms with van der Waals surface area (Å²) < 4.78 is 0. The van der Waals surface area contributed by atoms with Crippen molar-refractivity contribution in [3.05, 3.63) is 12.7 Å².